The third-order valence-electron chi connectivity index (χ3n) is 3.09. The molecule has 0 N–H and O–H groups in total. The normalized spacial score (nSPS) is 52.9. The Morgan fingerprint density at radius 1 is 1.12 bits per heavy atom. The van der Waals surface area contributed by atoms with Crippen molar-refractivity contribution in [1.82, 2.24) is 0 Å². The van der Waals surface area contributed by atoms with E-state index in [0.29, 0.717) is 0 Å². The van der Waals surface area contributed by atoms with Gasteiger partial charge in [-0.1, -0.05) is 13.3 Å². The van der Waals surface area contributed by atoms with Crippen molar-refractivity contribution in [1.29, 1.82) is 0 Å². The highest BCUT2D eigenvalue weighted by atomic mass is 14.4. The molecule has 0 spiro atoms. The Labute approximate surface area is 51.3 Å². The lowest BCUT2D eigenvalue weighted by atomic mass is 9.91. The summed E-state index contributed by atoms with van der Waals surface area (Å²) in [5.41, 5.74) is 0. The third kappa shape index (κ3) is 0.519. The zero-order valence-electron chi connectivity index (χ0n) is 5.56. The lowest BCUT2D eigenvalue weighted by molar-refractivity contribution is 0.360. The van der Waals surface area contributed by atoms with E-state index in [0.717, 1.165) is 17.8 Å². The van der Waals surface area contributed by atoms with E-state index < -0.39 is 0 Å². The Hall–Kier alpha value is 0. The van der Waals surface area contributed by atoms with Crippen LogP contribution in [0.25, 0.3) is 0 Å². The zero-order valence-corrected chi connectivity index (χ0v) is 5.56. The van der Waals surface area contributed by atoms with Crippen LogP contribution in [0.4, 0.5) is 0 Å². The molecule has 2 saturated carbocycles. The summed E-state index contributed by atoms with van der Waals surface area (Å²) in [5, 5.41) is 0. The van der Waals surface area contributed by atoms with Crippen molar-refractivity contribution < 1.29 is 0 Å². The molecular formula is C8H14. The van der Waals surface area contributed by atoms with Gasteiger partial charge in [0.05, 0.1) is 0 Å². The Bertz CT molecular complexity index is 94.2. The smallest absolute Gasteiger partial charge is 0.0386 e. The molecule has 0 nitrogen and oxygen atoms in total. The van der Waals surface area contributed by atoms with E-state index in [1.807, 2.05) is 0 Å². The predicted octanol–water partition coefficient (Wildman–Crippen LogP) is 2.44. The lowest BCUT2D eigenvalue weighted by Crippen LogP contribution is -2.04. The van der Waals surface area contributed by atoms with Crippen LogP contribution in [0.2, 0.25) is 0 Å². The average Bonchev–Trinajstić information content (AvgIpc) is 2.23. The van der Waals surface area contributed by atoms with Crippen LogP contribution in [-0.2, 0) is 0 Å². The minimum absolute atomic E-state index is 1.08. The molecule has 8 heavy (non-hydrogen) atoms. The van der Waals surface area contributed by atoms with Crippen molar-refractivity contribution in [3.8, 4) is 0 Å². The monoisotopic (exact) mass is 110 g/mol. The molecule has 0 heterocycles. The summed E-state index contributed by atoms with van der Waals surface area (Å²) < 4.78 is 0. The minimum atomic E-state index is 1.08. The average molecular weight is 110 g/mol. The van der Waals surface area contributed by atoms with Crippen molar-refractivity contribution in [2.24, 2.45) is 17.8 Å². The van der Waals surface area contributed by atoms with E-state index >= 15 is 0 Å². The van der Waals surface area contributed by atoms with Crippen LogP contribution in [-0.4, -0.2) is 0 Å². The largest absolute Gasteiger partial charge is 0.0622 e. The van der Waals surface area contributed by atoms with Gasteiger partial charge in [-0.15, -0.1) is 0 Å². The first-order chi connectivity index (χ1) is 3.86. The number of hydrogen-bond acceptors (Lipinski definition) is 0. The molecule has 2 bridgehead atoms. The maximum Gasteiger partial charge on any atom is -0.0386 e. The summed E-state index contributed by atoms with van der Waals surface area (Å²) in [6.45, 7) is 2.42. The molecule has 3 atom stereocenters. The van der Waals surface area contributed by atoms with E-state index in [-0.39, 0.29) is 0 Å². The molecule has 0 heteroatoms. The van der Waals surface area contributed by atoms with Gasteiger partial charge in [-0.25, -0.2) is 0 Å². The molecule has 0 amide bonds. The fraction of sp³-hybridized carbons (Fsp3) is 1.00. The molecular weight excluding hydrogens is 96.1 g/mol. The summed E-state index contributed by atoms with van der Waals surface area (Å²) in [5.74, 6) is 3.36. The van der Waals surface area contributed by atoms with Gasteiger partial charge in [0, 0.05) is 0 Å². The highest BCUT2D eigenvalue weighted by molar-refractivity contribution is 4.87. The molecule has 0 aromatic rings. The van der Waals surface area contributed by atoms with Gasteiger partial charge >= 0.3 is 0 Å². The number of hydrogen-bond donors (Lipinski definition) is 0. The Kier molecular flexibility index (Phi) is 0.902. The fourth-order valence-corrected chi connectivity index (χ4v) is 2.56. The van der Waals surface area contributed by atoms with Crippen molar-refractivity contribution >= 4 is 0 Å². The van der Waals surface area contributed by atoms with E-state index in [4.69, 9.17) is 0 Å². The summed E-state index contributed by atoms with van der Waals surface area (Å²) in [6.07, 6.45) is 6.21. The summed E-state index contributed by atoms with van der Waals surface area (Å²) in [4.78, 5) is 0. The van der Waals surface area contributed by atoms with Crippen molar-refractivity contribution in [3.63, 3.8) is 0 Å². The second-order valence-electron chi connectivity index (χ2n) is 3.65. The first-order valence-electron chi connectivity index (χ1n) is 3.86. The van der Waals surface area contributed by atoms with E-state index in [1.54, 1.807) is 25.7 Å². The summed E-state index contributed by atoms with van der Waals surface area (Å²) in [7, 11) is 0. The Morgan fingerprint density at radius 2 is 2.00 bits per heavy atom. The highest BCUT2D eigenvalue weighted by Gasteiger charge is 2.36. The van der Waals surface area contributed by atoms with Crippen LogP contribution in [0.5, 0.6) is 0 Å². The SMILES string of the molecule is CC1C[C@@H]2CC[C@@H]1C2. The maximum absolute atomic E-state index is 2.42. The van der Waals surface area contributed by atoms with Crippen molar-refractivity contribution in [2.45, 2.75) is 32.6 Å². The lowest BCUT2D eigenvalue weighted by Gasteiger charge is -2.15. The van der Waals surface area contributed by atoms with Gasteiger partial charge in [-0.3, -0.25) is 0 Å². The van der Waals surface area contributed by atoms with Gasteiger partial charge in [0.2, 0.25) is 0 Å². The molecule has 2 aliphatic carbocycles. The molecule has 0 radical (unpaired) electrons. The van der Waals surface area contributed by atoms with Gasteiger partial charge in [0.25, 0.3) is 0 Å². The van der Waals surface area contributed by atoms with Gasteiger partial charge in [0.15, 0.2) is 0 Å². The second-order valence-corrected chi connectivity index (χ2v) is 3.65. The quantitative estimate of drug-likeness (QED) is 0.449. The predicted molar refractivity (Wildman–Crippen MR) is 34.6 cm³/mol. The molecule has 0 aromatic carbocycles. The van der Waals surface area contributed by atoms with Crippen molar-refractivity contribution in [2.75, 3.05) is 0 Å². The topological polar surface area (TPSA) is 0 Å². The molecule has 1 unspecified atom stereocenters. The summed E-state index contributed by atoms with van der Waals surface area (Å²) in [6, 6.07) is 0. The third-order valence-corrected chi connectivity index (χ3v) is 3.09. The van der Waals surface area contributed by atoms with Crippen LogP contribution in [0.15, 0.2) is 0 Å². The van der Waals surface area contributed by atoms with E-state index in [1.165, 1.54) is 0 Å². The number of fused-ring (bicyclic) bond motifs is 2. The molecule has 0 aromatic heterocycles. The molecule has 0 saturated heterocycles. The Balaban J connectivity index is 2.11. The van der Waals surface area contributed by atoms with Gasteiger partial charge in [0.1, 0.15) is 0 Å². The van der Waals surface area contributed by atoms with Crippen LogP contribution in [0.3, 0.4) is 0 Å². The van der Waals surface area contributed by atoms with Gasteiger partial charge in [-0.05, 0) is 37.0 Å². The van der Waals surface area contributed by atoms with Gasteiger partial charge in [-0.2, -0.15) is 0 Å². The first-order valence-corrected chi connectivity index (χ1v) is 3.86. The van der Waals surface area contributed by atoms with E-state index in [2.05, 4.69) is 6.92 Å². The molecule has 46 valence electrons. The Morgan fingerprint density at radius 3 is 2.25 bits per heavy atom. The van der Waals surface area contributed by atoms with Crippen molar-refractivity contribution in [3.05, 3.63) is 0 Å². The minimum Gasteiger partial charge on any atom is -0.0622 e. The van der Waals surface area contributed by atoms with E-state index in [9.17, 15) is 0 Å². The fourth-order valence-electron chi connectivity index (χ4n) is 2.56. The van der Waals surface area contributed by atoms with Crippen LogP contribution < -0.4 is 0 Å². The first kappa shape index (κ1) is 4.84. The summed E-state index contributed by atoms with van der Waals surface area (Å²) >= 11 is 0. The standard InChI is InChI=1S/C8H14/c1-6-4-7-2-3-8(6)5-7/h6-8H,2-5H2,1H3/t6?,7-,8+/m0/s1. The van der Waals surface area contributed by atoms with Crippen LogP contribution >= 0.6 is 0 Å². The molecule has 2 rings (SSSR count). The molecule has 0 aliphatic heterocycles. The molecule has 2 fully saturated rings. The van der Waals surface area contributed by atoms with Gasteiger partial charge < -0.3 is 0 Å². The number of rotatable bonds is 0. The zero-order chi connectivity index (χ0) is 5.56. The maximum atomic E-state index is 2.42. The molecule has 2 aliphatic rings. The van der Waals surface area contributed by atoms with Crippen LogP contribution in [0.1, 0.15) is 32.6 Å². The highest BCUT2D eigenvalue weighted by Crippen LogP contribution is 2.47. The second kappa shape index (κ2) is 1.49. The van der Waals surface area contributed by atoms with Crippen LogP contribution in [0, 0.1) is 17.8 Å².